The Morgan fingerprint density at radius 2 is 2.14 bits per heavy atom. The molecule has 7 heteroatoms. The minimum atomic E-state index is -0.271. The van der Waals surface area contributed by atoms with Gasteiger partial charge in [0.05, 0.1) is 24.4 Å². The Labute approximate surface area is 169 Å². The smallest absolute Gasteiger partial charge is 0.120 e. The Hall–Kier alpha value is -2.77. The molecule has 7 nitrogen and oxygen atoms in total. The van der Waals surface area contributed by atoms with Crippen LogP contribution in [0.4, 0.5) is 0 Å². The molecule has 0 saturated carbocycles. The van der Waals surface area contributed by atoms with Crippen LogP contribution in [0.1, 0.15) is 19.0 Å². The van der Waals surface area contributed by atoms with Crippen LogP contribution in [0.3, 0.4) is 0 Å². The lowest BCUT2D eigenvalue weighted by Crippen LogP contribution is -2.38. The molecule has 3 N–H and O–H groups in total. The van der Waals surface area contributed by atoms with Crippen LogP contribution in [0.5, 0.6) is 5.75 Å². The van der Waals surface area contributed by atoms with E-state index in [4.69, 9.17) is 9.47 Å². The summed E-state index contributed by atoms with van der Waals surface area (Å²) in [5, 5.41) is 15.6. The molecule has 152 valence electrons. The normalized spacial score (nSPS) is 24.5. The highest BCUT2D eigenvalue weighted by atomic mass is 16.5. The Bertz CT molecular complexity index is 1020. The second-order valence-corrected chi connectivity index (χ2v) is 8.03. The van der Waals surface area contributed by atoms with Gasteiger partial charge in [0.2, 0.25) is 0 Å². The maximum atomic E-state index is 9.95. The van der Waals surface area contributed by atoms with Crippen molar-refractivity contribution in [1.29, 1.82) is 0 Å². The third-order valence-electron chi connectivity index (χ3n) is 5.90. The number of aliphatic hydroxyl groups is 1. The number of hydrazone groups is 1. The number of aromatic nitrogens is 1. The first-order valence-electron chi connectivity index (χ1n) is 10.1. The van der Waals surface area contributed by atoms with Crippen molar-refractivity contribution < 1.29 is 14.6 Å². The van der Waals surface area contributed by atoms with E-state index in [2.05, 4.69) is 39.5 Å². The topological polar surface area (TPSA) is 82.1 Å². The highest BCUT2D eigenvalue weighted by Gasteiger charge is 2.39. The largest absolute Gasteiger partial charge is 0.508 e. The summed E-state index contributed by atoms with van der Waals surface area (Å²) in [7, 11) is 0. The number of hydrogen-bond donors (Lipinski definition) is 3. The summed E-state index contributed by atoms with van der Waals surface area (Å²) in [5.41, 5.74) is 6.77. The van der Waals surface area contributed by atoms with Gasteiger partial charge in [-0.3, -0.25) is 10.3 Å². The molecule has 1 aromatic heterocycles. The molecule has 0 spiro atoms. The number of aliphatic hydroxyl groups excluding tert-OH is 1. The summed E-state index contributed by atoms with van der Waals surface area (Å²) in [6.45, 7) is 7.22. The van der Waals surface area contributed by atoms with Crippen molar-refractivity contribution in [2.75, 3.05) is 39.5 Å². The zero-order chi connectivity index (χ0) is 19.8. The van der Waals surface area contributed by atoms with Gasteiger partial charge in [-0.15, -0.1) is 0 Å². The van der Waals surface area contributed by atoms with Crippen LogP contribution in [0.15, 0.2) is 52.9 Å². The molecule has 2 aromatic rings. The molecule has 2 aliphatic heterocycles. The monoisotopic (exact) mass is 394 g/mol. The highest BCUT2D eigenvalue weighted by molar-refractivity contribution is 6.16. The first-order valence-corrected chi connectivity index (χ1v) is 10.1. The van der Waals surface area contributed by atoms with Crippen LogP contribution in [0, 0.1) is 0 Å². The minimum absolute atomic E-state index is 0.271. The van der Waals surface area contributed by atoms with Crippen molar-refractivity contribution in [2.24, 2.45) is 5.10 Å². The molecule has 1 aromatic carbocycles. The average molecular weight is 394 g/mol. The lowest BCUT2D eigenvalue weighted by molar-refractivity contribution is 0.0322. The fourth-order valence-electron chi connectivity index (χ4n) is 4.11. The van der Waals surface area contributed by atoms with Crippen molar-refractivity contribution in [3.05, 3.63) is 53.4 Å². The Morgan fingerprint density at radius 3 is 3.00 bits per heavy atom. The number of fused-ring (bicyclic) bond motifs is 2. The van der Waals surface area contributed by atoms with Gasteiger partial charge in [0.15, 0.2) is 0 Å². The summed E-state index contributed by atoms with van der Waals surface area (Å²) < 4.78 is 11.4. The maximum Gasteiger partial charge on any atom is 0.120 e. The van der Waals surface area contributed by atoms with E-state index in [1.54, 1.807) is 6.08 Å². The van der Waals surface area contributed by atoms with Crippen LogP contribution < -0.4 is 10.2 Å². The molecule has 0 radical (unpaired) electrons. The van der Waals surface area contributed by atoms with E-state index in [1.807, 2.05) is 18.2 Å². The Morgan fingerprint density at radius 1 is 1.28 bits per heavy atom. The van der Waals surface area contributed by atoms with E-state index >= 15 is 0 Å². The van der Waals surface area contributed by atoms with Gasteiger partial charge in [-0.25, -0.2) is 0 Å². The Kier molecular flexibility index (Phi) is 4.56. The summed E-state index contributed by atoms with van der Waals surface area (Å²) in [4.78, 5) is 5.81. The van der Waals surface area contributed by atoms with Gasteiger partial charge >= 0.3 is 0 Å². The predicted octanol–water partition coefficient (Wildman–Crippen LogP) is 2.72. The molecular weight excluding hydrogens is 368 g/mol. The Balaban J connectivity index is 1.31. The van der Waals surface area contributed by atoms with Crippen molar-refractivity contribution in [3.8, 4) is 5.75 Å². The molecule has 1 atom stereocenters. The molecule has 29 heavy (non-hydrogen) atoms. The fourth-order valence-corrected chi connectivity index (χ4v) is 4.11. The first kappa shape index (κ1) is 18.3. The van der Waals surface area contributed by atoms with Crippen molar-refractivity contribution >= 4 is 16.6 Å². The van der Waals surface area contributed by atoms with Gasteiger partial charge in [-0.05, 0) is 49.8 Å². The van der Waals surface area contributed by atoms with Crippen LogP contribution in [-0.2, 0) is 4.74 Å². The van der Waals surface area contributed by atoms with Gasteiger partial charge in [0.1, 0.15) is 23.8 Å². The summed E-state index contributed by atoms with van der Waals surface area (Å²) in [6.07, 6.45) is 4.33. The maximum absolute atomic E-state index is 9.95. The van der Waals surface area contributed by atoms with E-state index < -0.39 is 0 Å². The number of morpholine rings is 1. The fraction of sp³-hybridized carbons (Fsp3) is 0.409. The number of H-pyrrole nitrogens is 1. The van der Waals surface area contributed by atoms with E-state index in [0.29, 0.717) is 18.8 Å². The molecule has 0 bridgehead atoms. The van der Waals surface area contributed by atoms with E-state index in [0.717, 1.165) is 66.5 Å². The SMILES string of the molecule is CC12CC=C(O)C=C1C(c1cc3cc(OCCN4CCOCC4)ccc3[nH]1)=NN2. The van der Waals surface area contributed by atoms with Gasteiger partial charge in [-0.1, -0.05) is 0 Å². The number of ether oxygens (including phenoxy) is 2. The molecule has 1 aliphatic carbocycles. The molecule has 3 aliphatic rings. The summed E-state index contributed by atoms with van der Waals surface area (Å²) in [5.74, 6) is 1.16. The minimum Gasteiger partial charge on any atom is -0.508 e. The van der Waals surface area contributed by atoms with Crippen LogP contribution in [-0.4, -0.2) is 65.7 Å². The highest BCUT2D eigenvalue weighted by Crippen LogP contribution is 2.35. The molecule has 1 unspecified atom stereocenters. The number of nitrogens with zero attached hydrogens (tertiary/aromatic N) is 2. The lowest BCUT2D eigenvalue weighted by atomic mass is 9.83. The third-order valence-corrected chi connectivity index (χ3v) is 5.90. The zero-order valence-electron chi connectivity index (χ0n) is 16.6. The number of nitrogens with one attached hydrogen (secondary N) is 2. The van der Waals surface area contributed by atoms with Crippen molar-refractivity contribution in [2.45, 2.75) is 18.9 Å². The number of allylic oxidation sites excluding steroid dienone is 1. The molecule has 3 heterocycles. The molecule has 1 fully saturated rings. The molecule has 0 amide bonds. The predicted molar refractivity (Wildman–Crippen MR) is 113 cm³/mol. The van der Waals surface area contributed by atoms with Gasteiger partial charge in [0, 0.05) is 36.1 Å². The number of rotatable bonds is 5. The summed E-state index contributed by atoms with van der Waals surface area (Å²) >= 11 is 0. The first-order chi connectivity index (χ1) is 14.1. The van der Waals surface area contributed by atoms with E-state index in [1.165, 1.54) is 0 Å². The summed E-state index contributed by atoms with van der Waals surface area (Å²) in [6, 6.07) is 8.18. The van der Waals surface area contributed by atoms with Gasteiger partial charge in [-0.2, -0.15) is 5.10 Å². The number of hydrogen-bond acceptors (Lipinski definition) is 6. The van der Waals surface area contributed by atoms with Crippen LogP contribution >= 0.6 is 0 Å². The van der Waals surface area contributed by atoms with Crippen molar-refractivity contribution in [3.63, 3.8) is 0 Å². The van der Waals surface area contributed by atoms with E-state index in [9.17, 15) is 5.11 Å². The number of aromatic amines is 1. The van der Waals surface area contributed by atoms with E-state index in [-0.39, 0.29) is 5.54 Å². The second kappa shape index (κ2) is 7.24. The molecule has 5 rings (SSSR count). The van der Waals surface area contributed by atoms with Crippen LogP contribution in [0.2, 0.25) is 0 Å². The van der Waals surface area contributed by atoms with Gasteiger partial charge < -0.3 is 19.6 Å². The molecular formula is C22H26N4O3. The standard InChI is InChI=1S/C22H26N4O3/c1-22-5-4-16(27)14-18(22)21(24-25-22)20-13-15-12-17(2-3-19(15)23-20)29-11-8-26-6-9-28-10-7-26/h2-4,12-14,23,25,27H,5-11H2,1H3. The second-order valence-electron chi connectivity index (χ2n) is 8.03. The lowest BCUT2D eigenvalue weighted by Gasteiger charge is -2.27. The van der Waals surface area contributed by atoms with Gasteiger partial charge in [0.25, 0.3) is 0 Å². The zero-order valence-corrected chi connectivity index (χ0v) is 16.6. The van der Waals surface area contributed by atoms with Crippen LogP contribution in [0.25, 0.3) is 10.9 Å². The average Bonchev–Trinajstić information content (AvgIpc) is 3.29. The third kappa shape index (κ3) is 3.52. The van der Waals surface area contributed by atoms with Crippen molar-refractivity contribution in [1.82, 2.24) is 15.3 Å². The molecule has 1 saturated heterocycles. The number of benzene rings is 1. The quantitative estimate of drug-likeness (QED) is 0.726.